The van der Waals surface area contributed by atoms with Crippen molar-refractivity contribution in [3.8, 4) is 0 Å². The van der Waals surface area contributed by atoms with Gasteiger partial charge in [0.25, 0.3) is 0 Å². The number of rotatable bonds is 5. The van der Waals surface area contributed by atoms with Crippen molar-refractivity contribution in [1.82, 2.24) is 5.32 Å². The third-order valence-electron chi connectivity index (χ3n) is 6.31. The molecule has 3 saturated heterocycles. The molecule has 4 aliphatic rings. The summed E-state index contributed by atoms with van der Waals surface area (Å²) in [5.41, 5.74) is 1.70. The Balaban J connectivity index is 1.83. The molecule has 0 bridgehead atoms. The number of allylic oxidation sites excluding steroid dienone is 2. The van der Waals surface area contributed by atoms with Crippen molar-refractivity contribution < 1.29 is 42.7 Å². The van der Waals surface area contributed by atoms with Crippen LogP contribution in [0.1, 0.15) is 55.4 Å². The van der Waals surface area contributed by atoms with Crippen LogP contribution >= 0.6 is 0 Å². The average molecular weight is 482 g/mol. The van der Waals surface area contributed by atoms with Crippen molar-refractivity contribution in [3.05, 3.63) is 22.5 Å². The predicted octanol–water partition coefficient (Wildman–Crippen LogP) is 2.28. The summed E-state index contributed by atoms with van der Waals surface area (Å²) < 4.78 is 41.8. The van der Waals surface area contributed by atoms with Crippen LogP contribution in [0.25, 0.3) is 0 Å². The maximum Gasteiger partial charge on any atom is 0.336 e. The van der Waals surface area contributed by atoms with Gasteiger partial charge in [-0.3, -0.25) is 0 Å². The molecule has 4 heterocycles. The molecule has 4 aliphatic heterocycles. The molecule has 0 aromatic carbocycles. The van der Waals surface area contributed by atoms with Crippen LogP contribution in [-0.4, -0.2) is 67.4 Å². The van der Waals surface area contributed by atoms with Gasteiger partial charge in [0.05, 0.1) is 30.3 Å². The molecule has 34 heavy (non-hydrogen) atoms. The average Bonchev–Trinajstić information content (AvgIpc) is 3.20. The van der Waals surface area contributed by atoms with Crippen LogP contribution in [0.4, 0.5) is 0 Å². The van der Waals surface area contributed by atoms with Crippen molar-refractivity contribution in [1.29, 1.82) is 0 Å². The Morgan fingerprint density at radius 2 is 1.21 bits per heavy atom. The van der Waals surface area contributed by atoms with Crippen molar-refractivity contribution >= 4 is 11.9 Å². The monoisotopic (exact) mass is 481 g/mol. The van der Waals surface area contributed by atoms with E-state index in [4.69, 9.17) is 33.2 Å². The lowest BCUT2D eigenvalue weighted by Gasteiger charge is -2.43. The number of dihydropyridines is 1. The van der Waals surface area contributed by atoms with Gasteiger partial charge < -0.3 is 38.5 Å². The Morgan fingerprint density at radius 1 is 0.765 bits per heavy atom. The number of esters is 2. The van der Waals surface area contributed by atoms with Crippen molar-refractivity contribution in [2.75, 3.05) is 13.2 Å². The molecule has 0 saturated carbocycles. The molecule has 0 amide bonds. The molecule has 10 heteroatoms. The zero-order valence-electron chi connectivity index (χ0n) is 21.1. The first-order valence-corrected chi connectivity index (χ1v) is 11.8. The molecule has 1 N–H and O–H groups in total. The fourth-order valence-electron chi connectivity index (χ4n) is 5.24. The second-order valence-corrected chi connectivity index (χ2v) is 9.75. The van der Waals surface area contributed by atoms with Crippen LogP contribution in [-0.2, 0) is 42.7 Å². The summed E-state index contributed by atoms with van der Waals surface area (Å²) in [7, 11) is 0. The molecule has 10 nitrogen and oxygen atoms in total. The number of carbonyl (C=O) groups excluding carboxylic acids is 2. The normalized spacial score (nSPS) is 34.4. The zero-order chi connectivity index (χ0) is 25.0. The maximum absolute atomic E-state index is 13.2. The van der Waals surface area contributed by atoms with Gasteiger partial charge in [-0.05, 0) is 55.4 Å². The third kappa shape index (κ3) is 4.37. The molecule has 4 rings (SSSR count). The number of hydrogen-bond donors (Lipinski definition) is 1. The van der Waals surface area contributed by atoms with Gasteiger partial charge in [0.1, 0.15) is 24.4 Å². The smallest absolute Gasteiger partial charge is 0.336 e. The van der Waals surface area contributed by atoms with Gasteiger partial charge in [-0.2, -0.15) is 0 Å². The summed E-state index contributed by atoms with van der Waals surface area (Å²) in [6, 6.07) is 0. The number of hydrogen-bond acceptors (Lipinski definition) is 10. The molecular weight excluding hydrogens is 446 g/mol. The summed E-state index contributed by atoms with van der Waals surface area (Å²) in [5.74, 6) is -3.75. The van der Waals surface area contributed by atoms with Gasteiger partial charge in [0, 0.05) is 11.4 Å². The summed E-state index contributed by atoms with van der Waals surface area (Å²) in [4.78, 5) is 26.3. The lowest BCUT2D eigenvalue weighted by molar-refractivity contribution is -0.240. The van der Waals surface area contributed by atoms with Crippen LogP contribution in [0.3, 0.4) is 0 Å². The highest BCUT2D eigenvalue weighted by molar-refractivity contribution is 5.98. The Morgan fingerprint density at radius 3 is 1.71 bits per heavy atom. The first-order valence-electron chi connectivity index (χ1n) is 11.8. The van der Waals surface area contributed by atoms with E-state index in [1.807, 2.05) is 13.8 Å². The van der Waals surface area contributed by atoms with Crippen LogP contribution in [0.5, 0.6) is 0 Å². The molecular formula is C24H35NO9. The number of nitrogens with one attached hydrogen (secondary N) is 1. The van der Waals surface area contributed by atoms with Crippen LogP contribution in [0.15, 0.2) is 22.5 Å². The van der Waals surface area contributed by atoms with E-state index in [0.29, 0.717) is 11.4 Å². The fraction of sp³-hybridized carbons (Fsp3) is 0.750. The second kappa shape index (κ2) is 8.91. The quantitative estimate of drug-likeness (QED) is 0.587. The van der Waals surface area contributed by atoms with E-state index in [0.717, 1.165) is 0 Å². The molecule has 0 aromatic heterocycles. The van der Waals surface area contributed by atoms with Crippen LogP contribution in [0.2, 0.25) is 0 Å². The van der Waals surface area contributed by atoms with E-state index in [1.54, 1.807) is 41.5 Å². The van der Waals surface area contributed by atoms with E-state index in [9.17, 15) is 9.59 Å². The van der Waals surface area contributed by atoms with Crippen LogP contribution in [0, 0.1) is 5.92 Å². The van der Waals surface area contributed by atoms with Gasteiger partial charge in [0.15, 0.2) is 17.9 Å². The molecule has 0 spiro atoms. The van der Waals surface area contributed by atoms with E-state index in [-0.39, 0.29) is 24.4 Å². The maximum atomic E-state index is 13.2. The number of ether oxygens (including phenoxy) is 7. The Labute approximate surface area is 199 Å². The molecule has 1 unspecified atom stereocenters. The van der Waals surface area contributed by atoms with E-state index < -0.39 is 60.1 Å². The number of fused-ring (bicyclic) bond motifs is 3. The lowest BCUT2D eigenvalue weighted by Crippen LogP contribution is -2.59. The van der Waals surface area contributed by atoms with Gasteiger partial charge in [-0.15, -0.1) is 0 Å². The summed E-state index contributed by atoms with van der Waals surface area (Å²) in [5, 5.41) is 3.14. The van der Waals surface area contributed by atoms with Crippen molar-refractivity contribution in [2.45, 2.75) is 97.7 Å². The highest BCUT2D eigenvalue weighted by Gasteiger charge is 2.63. The van der Waals surface area contributed by atoms with E-state index >= 15 is 0 Å². The minimum Gasteiger partial charge on any atom is -0.463 e. The third-order valence-corrected chi connectivity index (χ3v) is 6.31. The molecule has 0 radical (unpaired) electrons. The summed E-state index contributed by atoms with van der Waals surface area (Å²) >= 11 is 0. The molecule has 0 aliphatic carbocycles. The minimum atomic E-state index is -0.930. The Bertz CT molecular complexity index is 881. The second-order valence-electron chi connectivity index (χ2n) is 9.75. The van der Waals surface area contributed by atoms with Crippen LogP contribution < -0.4 is 5.32 Å². The topological polar surface area (TPSA) is 111 Å². The van der Waals surface area contributed by atoms with Crippen molar-refractivity contribution in [3.63, 3.8) is 0 Å². The summed E-state index contributed by atoms with van der Waals surface area (Å²) in [6.45, 7) is 14.6. The van der Waals surface area contributed by atoms with Gasteiger partial charge in [-0.1, -0.05) is 0 Å². The number of carbonyl (C=O) groups is 2. The standard InChI is InChI=1S/C24H35NO9/c1-9-28-20(26)13-11(3)25-12(4)14(21(27)29-10-2)15(13)16-17-18(32-23(5,6)31-17)19-22(30-16)34-24(7,8)33-19/h15-19,22,25H,9-10H2,1-8H3/t16?,17-,18-,19+,22+/m0/s1. The lowest BCUT2D eigenvalue weighted by atomic mass is 9.77. The van der Waals surface area contributed by atoms with Gasteiger partial charge in [-0.25, -0.2) is 9.59 Å². The molecule has 3 fully saturated rings. The SMILES string of the molecule is CCOC(=O)C1=C(C)NC(C)=C(C(=O)OCC)C1C1O[C@@H]2OC(C)(C)O[C@@H]2[C@H]2OC(C)(C)O[C@@H]12. The highest BCUT2D eigenvalue weighted by atomic mass is 16.9. The summed E-state index contributed by atoms with van der Waals surface area (Å²) in [6.07, 6.45) is -3.31. The Hall–Kier alpha value is -1.98. The van der Waals surface area contributed by atoms with E-state index in [1.165, 1.54) is 0 Å². The van der Waals surface area contributed by atoms with Gasteiger partial charge >= 0.3 is 11.9 Å². The van der Waals surface area contributed by atoms with E-state index in [2.05, 4.69) is 5.32 Å². The fourth-order valence-corrected chi connectivity index (χ4v) is 5.24. The predicted molar refractivity (Wildman–Crippen MR) is 118 cm³/mol. The highest BCUT2D eigenvalue weighted by Crippen LogP contribution is 2.48. The molecule has 5 atom stereocenters. The largest absolute Gasteiger partial charge is 0.463 e. The van der Waals surface area contributed by atoms with Crippen molar-refractivity contribution in [2.24, 2.45) is 5.92 Å². The first-order chi connectivity index (χ1) is 15.9. The first kappa shape index (κ1) is 25.1. The minimum absolute atomic E-state index is 0.180. The molecule has 190 valence electrons. The van der Waals surface area contributed by atoms with Gasteiger partial charge in [0.2, 0.25) is 0 Å². The Kier molecular flexibility index (Phi) is 6.58. The zero-order valence-corrected chi connectivity index (χ0v) is 21.1. The molecule has 0 aromatic rings.